The monoisotopic (exact) mass is 382 g/mol. The van der Waals surface area contributed by atoms with Gasteiger partial charge in [0.15, 0.2) is 5.78 Å². The van der Waals surface area contributed by atoms with E-state index in [0.29, 0.717) is 5.82 Å². The molecule has 1 fully saturated rings. The number of alkyl halides is 3. The largest absolute Gasteiger partial charge is 0.446 e. The number of ketones is 1. The fourth-order valence-electron chi connectivity index (χ4n) is 2.67. The molecule has 1 aliphatic carbocycles. The van der Waals surface area contributed by atoms with Crippen LogP contribution < -0.4 is 5.56 Å². The van der Waals surface area contributed by atoms with Crippen molar-refractivity contribution in [2.24, 2.45) is 0 Å². The number of benzene rings is 1. The van der Waals surface area contributed by atoms with E-state index < -0.39 is 5.51 Å². The van der Waals surface area contributed by atoms with Gasteiger partial charge in [-0.05, 0) is 48.2 Å². The van der Waals surface area contributed by atoms with Crippen LogP contribution in [0.2, 0.25) is 0 Å². The minimum absolute atomic E-state index is 0.102. The van der Waals surface area contributed by atoms with Gasteiger partial charge < -0.3 is 4.98 Å². The minimum Gasteiger partial charge on any atom is -0.310 e. The van der Waals surface area contributed by atoms with Crippen molar-refractivity contribution in [3.63, 3.8) is 0 Å². The average molecular weight is 382 g/mol. The first-order valence-corrected chi connectivity index (χ1v) is 9.03. The van der Waals surface area contributed by atoms with Crippen molar-refractivity contribution in [2.45, 2.75) is 48.4 Å². The summed E-state index contributed by atoms with van der Waals surface area (Å²) in [5.74, 6) is 0.339. The zero-order valence-corrected chi connectivity index (χ0v) is 14.8. The molecule has 1 aromatic carbocycles. The van der Waals surface area contributed by atoms with Gasteiger partial charge in [0, 0.05) is 23.3 Å². The van der Waals surface area contributed by atoms with Crippen LogP contribution in [0.25, 0.3) is 0 Å². The fourth-order valence-corrected chi connectivity index (χ4v) is 3.21. The Labute approximate surface area is 152 Å². The molecule has 0 radical (unpaired) electrons. The normalized spacial score (nSPS) is 15.7. The molecule has 1 saturated carbocycles. The van der Waals surface area contributed by atoms with Crippen molar-refractivity contribution >= 4 is 17.5 Å². The molecule has 2 aromatic rings. The third-order valence-electron chi connectivity index (χ3n) is 4.18. The van der Waals surface area contributed by atoms with Crippen molar-refractivity contribution in [1.82, 2.24) is 9.97 Å². The molecule has 0 saturated heterocycles. The molecule has 0 bridgehead atoms. The highest BCUT2D eigenvalue weighted by molar-refractivity contribution is 8.00. The highest BCUT2D eigenvalue weighted by Crippen LogP contribution is 2.38. The highest BCUT2D eigenvalue weighted by atomic mass is 32.2. The first-order valence-electron chi connectivity index (χ1n) is 8.21. The molecule has 26 heavy (non-hydrogen) atoms. The Morgan fingerprint density at radius 1 is 1.31 bits per heavy atom. The number of hydrogen-bond donors (Lipinski definition) is 1. The second-order valence-corrected chi connectivity index (χ2v) is 7.57. The summed E-state index contributed by atoms with van der Waals surface area (Å²) in [6.07, 6.45) is 2.05. The fraction of sp³-hybridized carbons (Fsp3) is 0.389. The smallest absolute Gasteiger partial charge is 0.310 e. The summed E-state index contributed by atoms with van der Waals surface area (Å²) in [7, 11) is 0. The molecular weight excluding hydrogens is 365 g/mol. The quantitative estimate of drug-likeness (QED) is 0.584. The van der Waals surface area contributed by atoms with Crippen LogP contribution in [0.1, 0.15) is 59.9 Å². The standard InChI is InChI=1S/C18H17F3N2O2S/c1-10(11-4-6-13(7-5-11)26-18(19,20)21)8-15(24)14-9-16(25)23-17(22-14)12-2-3-12/h4-7,9-10,12H,2-3,8H2,1H3,(H,22,23,25)/t10-/m0/s1. The van der Waals surface area contributed by atoms with Gasteiger partial charge in [-0.1, -0.05) is 19.1 Å². The molecule has 0 amide bonds. The third kappa shape index (κ3) is 4.97. The first kappa shape index (κ1) is 18.7. The lowest BCUT2D eigenvalue weighted by Crippen LogP contribution is -2.16. The van der Waals surface area contributed by atoms with Gasteiger partial charge in [0.2, 0.25) is 0 Å². The number of carbonyl (C=O) groups excluding carboxylic acids is 1. The second-order valence-electron chi connectivity index (χ2n) is 6.44. The summed E-state index contributed by atoms with van der Waals surface area (Å²) in [5, 5.41) is 0. The van der Waals surface area contributed by atoms with E-state index in [9.17, 15) is 22.8 Å². The molecule has 4 nitrogen and oxygen atoms in total. The van der Waals surface area contributed by atoms with Gasteiger partial charge in [0.05, 0.1) is 0 Å². The van der Waals surface area contributed by atoms with E-state index in [1.165, 1.54) is 18.2 Å². The number of H-pyrrole nitrogens is 1. The zero-order valence-electron chi connectivity index (χ0n) is 14.0. The molecule has 0 unspecified atom stereocenters. The van der Waals surface area contributed by atoms with E-state index in [1.54, 1.807) is 12.1 Å². The summed E-state index contributed by atoms with van der Waals surface area (Å²) in [6, 6.07) is 7.17. The van der Waals surface area contributed by atoms with Crippen LogP contribution in [0.3, 0.4) is 0 Å². The van der Waals surface area contributed by atoms with Gasteiger partial charge in [-0.2, -0.15) is 13.2 Å². The molecule has 8 heteroatoms. The lowest BCUT2D eigenvalue weighted by molar-refractivity contribution is -0.0328. The predicted octanol–water partition coefficient (Wildman–Crippen LogP) is 4.64. The van der Waals surface area contributed by atoms with E-state index in [0.717, 1.165) is 18.4 Å². The topological polar surface area (TPSA) is 62.8 Å². The van der Waals surface area contributed by atoms with Gasteiger partial charge in [-0.3, -0.25) is 9.59 Å². The Morgan fingerprint density at radius 2 is 1.96 bits per heavy atom. The molecule has 1 aromatic heterocycles. The van der Waals surface area contributed by atoms with Crippen molar-refractivity contribution in [3.05, 3.63) is 57.8 Å². The van der Waals surface area contributed by atoms with Crippen LogP contribution in [-0.4, -0.2) is 21.3 Å². The van der Waals surface area contributed by atoms with Gasteiger partial charge in [0.25, 0.3) is 5.56 Å². The zero-order chi connectivity index (χ0) is 18.9. The predicted molar refractivity (Wildman–Crippen MR) is 92.5 cm³/mol. The maximum Gasteiger partial charge on any atom is 0.446 e. The Kier molecular flexibility index (Phi) is 5.22. The van der Waals surface area contributed by atoms with E-state index in [4.69, 9.17) is 0 Å². The third-order valence-corrected chi connectivity index (χ3v) is 4.92. The van der Waals surface area contributed by atoms with Crippen molar-refractivity contribution in [3.8, 4) is 0 Å². The number of rotatable bonds is 6. The van der Waals surface area contributed by atoms with E-state index in [2.05, 4.69) is 9.97 Å². The number of nitrogens with zero attached hydrogens (tertiary/aromatic N) is 1. The molecule has 1 N–H and O–H groups in total. The molecular formula is C18H17F3N2O2S. The molecule has 138 valence electrons. The number of aromatic amines is 1. The Hall–Kier alpha value is -2.09. The first-order chi connectivity index (χ1) is 12.2. The maximum atomic E-state index is 12.5. The number of thioether (sulfide) groups is 1. The van der Waals surface area contributed by atoms with Crippen LogP contribution in [0.15, 0.2) is 40.0 Å². The van der Waals surface area contributed by atoms with Crippen LogP contribution in [0.4, 0.5) is 13.2 Å². The van der Waals surface area contributed by atoms with Gasteiger partial charge in [-0.15, -0.1) is 0 Å². The van der Waals surface area contributed by atoms with Crippen LogP contribution in [0, 0.1) is 0 Å². The van der Waals surface area contributed by atoms with E-state index in [1.807, 2.05) is 6.92 Å². The number of carbonyl (C=O) groups is 1. The summed E-state index contributed by atoms with van der Waals surface area (Å²) in [4.78, 5) is 31.2. The lowest BCUT2D eigenvalue weighted by atomic mass is 9.95. The number of halogens is 3. The number of nitrogens with one attached hydrogen (secondary N) is 1. The molecule has 0 aliphatic heterocycles. The van der Waals surface area contributed by atoms with Crippen molar-refractivity contribution in [2.75, 3.05) is 0 Å². The van der Waals surface area contributed by atoms with E-state index in [-0.39, 0.29) is 52.0 Å². The number of Topliss-reactive ketones (excluding diaryl/α,β-unsaturated/α-hetero) is 1. The molecule has 3 rings (SSSR count). The van der Waals surface area contributed by atoms with Crippen LogP contribution in [-0.2, 0) is 0 Å². The van der Waals surface area contributed by atoms with Crippen LogP contribution >= 0.6 is 11.8 Å². The summed E-state index contributed by atoms with van der Waals surface area (Å²) in [6.45, 7) is 1.82. The van der Waals surface area contributed by atoms with Crippen LogP contribution in [0.5, 0.6) is 0 Å². The number of aromatic nitrogens is 2. The molecule has 1 aliphatic rings. The Bertz CT molecular complexity index is 858. The average Bonchev–Trinajstić information content (AvgIpc) is 3.38. The van der Waals surface area contributed by atoms with Gasteiger partial charge in [-0.25, -0.2) is 4.98 Å². The van der Waals surface area contributed by atoms with E-state index >= 15 is 0 Å². The Morgan fingerprint density at radius 3 is 2.54 bits per heavy atom. The van der Waals surface area contributed by atoms with Gasteiger partial charge in [0.1, 0.15) is 11.5 Å². The highest BCUT2D eigenvalue weighted by Gasteiger charge is 2.29. The Balaban J connectivity index is 1.68. The van der Waals surface area contributed by atoms with Crippen molar-refractivity contribution < 1.29 is 18.0 Å². The van der Waals surface area contributed by atoms with Gasteiger partial charge >= 0.3 is 5.51 Å². The van der Waals surface area contributed by atoms with Crippen molar-refractivity contribution in [1.29, 1.82) is 0 Å². The minimum atomic E-state index is -4.33. The number of hydrogen-bond acceptors (Lipinski definition) is 4. The second kappa shape index (κ2) is 7.26. The molecule has 1 heterocycles. The summed E-state index contributed by atoms with van der Waals surface area (Å²) >= 11 is -0.171. The SMILES string of the molecule is C[C@@H](CC(=O)c1cc(=O)[nH]c(C2CC2)n1)c1ccc(SC(F)(F)F)cc1. The lowest BCUT2D eigenvalue weighted by Gasteiger charge is -2.12. The summed E-state index contributed by atoms with van der Waals surface area (Å²) < 4.78 is 37.1. The molecule has 1 atom stereocenters. The molecule has 0 spiro atoms. The maximum absolute atomic E-state index is 12.5. The summed E-state index contributed by atoms with van der Waals surface area (Å²) in [5.41, 5.74) is -3.76.